The fraction of sp³-hybridized carbons (Fsp3) is 0.522. The minimum atomic E-state index is -0.229. The van der Waals surface area contributed by atoms with Crippen LogP contribution in [-0.2, 0) is 9.53 Å². The van der Waals surface area contributed by atoms with Crippen LogP contribution < -0.4 is 5.32 Å². The van der Waals surface area contributed by atoms with E-state index in [0.29, 0.717) is 25.7 Å². The van der Waals surface area contributed by atoms with Crippen LogP contribution in [-0.4, -0.2) is 69.9 Å². The lowest BCUT2D eigenvalue weighted by Gasteiger charge is -2.43. The van der Waals surface area contributed by atoms with Gasteiger partial charge in [-0.25, -0.2) is 9.48 Å². The molecule has 166 valence electrons. The molecule has 2 amide bonds. The molecule has 2 aliphatic heterocycles. The summed E-state index contributed by atoms with van der Waals surface area (Å²) in [6, 6.07) is 9.81. The van der Waals surface area contributed by atoms with E-state index < -0.39 is 0 Å². The van der Waals surface area contributed by atoms with Gasteiger partial charge in [0, 0.05) is 37.2 Å². The quantitative estimate of drug-likeness (QED) is 0.795. The Labute approximate surface area is 183 Å². The fourth-order valence-electron chi connectivity index (χ4n) is 4.61. The zero-order valence-electron chi connectivity index (χ0n) is 18.1. The molecule has 0 aliphatic carbocycles. The van der Waals surface area contributed by atoms with Crippen LogP contribution in [0.25, 0.3) is 5.69 Å². The fourth-order valence-corrected chi connectivity index (χ4v) is 4.61. The van der Waals surface area contributed by atoms with Gasteiger partial charge in [-0.15, -0.1) is 0 Å². The molecule has 1 N–H and O–H groups in total. The van der Waals surface area contributed by atoms with Crippen molar-refractivity contribution < 1.29 is 14.3 Å². The minimum absolute atomic E-state index is 0.0550. The van der Waals surface area contributed by atoms with Crippen LogP contribution in [0.5, 0.6) is 0 Å². The van der Waals surface area contributed by atoms with Gasteiger partial charge in [0.25, 0.3) is 0 Å². The Bertz CT molecular complexity index is 860. The first-order valence-electron chi connectivity index (χ1n) is 11.2. The van der Waals surface area contributed by atoms with E-state index in [0.717, 1.165) is 50.0 Å². The van der Waals surface area contributed by atoms with Crippen LogP contribution in [0.4, 0.5) is 10.5 Å². The first-order valence-corrected chi connectivity index (χ1v) is 11.2. The molecule has 2 fully saturated rings. The Morgan fingerprint density at radius 3 is 2.55 bits per heavy atom. The summed E-state index contributed by atoms with van der Waals surface area (Å²) in [5, 5.41) is 7.33. The van der Waals surface area contributed by atoms with Gasteiger partial charge in [0.05, 0.1) is 18.3 Å². The monoisotopic (exact) mass is 425 g/mol. The van der Waals surface area contributed by atoms with E-state index in [4.69, 9.17) is 4.74 Å². The molecule has 4 rings (SSSR count). The highest BCUT2D eigenvalue weighted by molar-refractivity contribution is 5.95. The van der Waals surface area contributed by atoms with Crippen molar-refractivity contribution in [3.05, 3.63) is 42.7 Å². The topological polar surface area (TPSA) is 79.7 Å². The number of hydrogen-bond donors (Lipinski definition) is 1. The second-order valence-corrected chi connectivity index (χ2v) is 8.15. The molecule has 2 aromatic rings. The van der Waals surface area contributed by atoms with Crippen molar-refractivity contribution in [1.82, 2.24) is 19.6 Å². The first kappa shape index (κ1) is 21.4. The van der Waals surface area contributed by atoms with E-state index in [1.54, 1.807) is 15.8 Å². The van der Waals surface area contributed by atoms with Crippen LogP contribution in [0.15, 0.2) is 42.7 Å². The number of piperidine rings is 2. The highest BCUT2D eigenvalue weighted by atomic mass is 16.6. The molecular weight excluding hydrogens is 394 g/mol. The Morgan fingerprint density at radius 1 is 1.10 bits per heavy atom. The molecule has 0 bridgehead atoms. The lowest BCUT2D eigenvalue weighted by atomic mass is 9.94. The van der Waals surface area contributed by atoms with Crippen molar-refractivity contribution in [1.29, 1.82) is 0 Å². The Hall–Kier alpha value is -2.87. The number of carbonyl (C=O) groups excluding carboxylic acids is 2. The highest BCUT2D eigenvalue weighted by Crippen LogP contribution is 2.27. The Kier molecular flexibility index (Phi) is 6.86. The average molecular weight is 426 g/mol. The Balaban J connectivity index is 1.36. The zero-order valence-corrected chi connectivity index (χ0v) is 18.1. The number of benzene rings is 1. The van der Waals surface area contributed by atoms with Gasteiger partial charge in [-0.2, -0.15) is 5.10 Å². The van der Waals surface area contributed by atoms with Gasteiger partial charge in [-0.3, -0.25) is 9.69 Å². The third-order valence-electron chi connectivity index (χ3n) is 6.21. The molecule has 3 heterocycles. The largest absolute Gasteiger partial charge is 0.450 e. The number of nitrogens with zero attached hydrogens (tertiary/aromatic N) is 4. The maximum Gasteiger partial charge on any atom is 0.409 e. The minimum Gasteiger partial charge on any atom is -0.450 e. The standard InChI is InChI=1S/C23H31N5O3/c1-2-31-23(30)26-16-11-19(12-17-26)27-14-4-3-6-21(27)22(29)25-18-7-9-20(10-8-18)28-15-5-13-24-28/h5,7-10,13,15,19,21H,2-4,6,11-12,14,16-17H2,1H3,(H,25,29). The van der Waals surface area contributed by atoms with Gasteiger partial charge in [-0.05, 0) is 69.5 Å². The SMILES string of the molecule is CCOC(=O)N1CCC(N2CCCCC2C(=O)Nc2ccc(-n3cccn3)cc2)CC1. The second-order valence-electron chi connectivity index (χ2n) is 8.15. The van der Waals surface area contributed by atoms with E-state index in [1.807, 2.05) is 43.5 Å². The predicted octanol–water partition coefficient (Wildman–Crippen LogP) is 3.29. The molecule has 1 aromatic heterocycles. The lowest BCUT2D eigenvalue weighted by Crippen LogP contribution is -2.55. The number of aromatic nitrogens is 2. The van der Waals surface area contributed by atoms with Gasteiger partial charge < -0.3 is 15.0 Å². The van der Waals surface area contributed by atoms with E-state index in [2.05, 4.69) is 15.3 Å². The molecule has 0 spiro atoms. The average Bonchev–Trinajstić information content (AvgIpc) is 3.35. The predicted molar refractivity (Wildman–Crippen MR) is 118 cm³/mol. The summed E-state index contributed by atoms with van der Waals surface area (Å²) < 4.78 is 6.91. The van der Waals surface area contributed by atoms with E-state index in [1.165, 1.54) is 0 Å². The molecular formula is C23H31N5O3. The molecule has 2 aliphatic rings. The summed E-state index contributed by atoms with van der Waals surface area (Å²) in [6.45, 7) is 4.52. The van der Waals surface area contributed by atoms with Gasteiger partial charge in [0.15, 0.2) is 0 Å². The number of anilines is 1. The lowest BCUT2D eigenvalue weighted by molar-refractivity contribution is -0.124. The van der Waals surface area contributed by atoms with Crippen molar-refractivity contribution >= 4 is 17.7 Å². The highest BCUT2D eigenvalue weighted by Gasteiger charge is 2.36. The number of amides is 2. The number of likely N-dealkylation sites (tertiary alicyclic amines) is 2. The van der Waals surface area contributed by atoms with Crippen molar-refractivity contribution in [3.63, 3.8) is 0 Å². The number of carbonyl (C=O) groups is 2. The molecule has 1 unspecified atom stereocenters. The van der Waals surface area contributed by atoms with Gasteiger partial charge >= 0.3 is 6.09 Å². The van der Waals surface area contributed by atoms with Crippen molar-refractivity contribution in [2.75, 3.05) is 31.6 Å². The van der Waals surface area contributed by atoms with E-state index >= 15 is 0 Å². The summed E-state index contributed by atoms with van der Waals surface area (Å²) in [5.41, 5.74) is 1.75. The summed E-state index contributed by atoms with van der Waals surface area (Å²) in [5.74, 6) is 0.0550. The van der Waals surface area contributed by atoms with Crippen molar-refractivity contribution in [2.45, 2.75) is 51.1 Å². The number of ether oxygens (including phenoxy) is 1. The van der Waals surface area contributed by atoms with Gasteiger partial charge in [-0.1, -0.05) is 6.42 Å². The molecule has 0 saturated carbocycles. The van der Waals surface area contributed by atoms with Gasteiger partial charge in [0.1, 0.15) is 0 Å². The first-order chi connectivity index (χ1) is 15.2. The summed E-state index contributed by atoms with van der Waals surface area (Å²) >= 11 is 0. The molecule has 2 saturated heterocycles. The second kappa shape index (κ2) is 9.96. The zero-order chi connectivity index (χ0) is 21.6. The summed E-state index contributed by atoms with van der Waals surface area (Å²) in [6.07, 6.45) is 8.20. The number of rotatable bonds is 5. The Morgan fingerprint density at radius 2 is 1.87 bits per heavy atom. The van der Waals surface area contributed by atoms with E-state index in [9.17, 15) is 9.59 Å². The van der Waals surface area contributed by atoms with Crippen LogP contribution >= 0.6 is 0 Å². The third-order valence-corrected chi connectivity index (χ3v) is 6.21. The summed E-state index contributed by atoms with van der Waals surface area (Å²) in [4.78, 5) is 29.3. The maximum absolute atomic E-state index is 13.1. The van der Waals surface area contributed by atoms with Crippen molar-refractivity contribution in [2.24, 2.45) is 0 Å². The van der Waals surface area contributed by atoms with Crippen molar-refractivity contribution in [3.8, 4) is 5.69 Å². The molecule has 31 heavy (non-hydrogen) atoms. The van der Waals surface area contributed by atoms with Crippen LogP contribution in [0.2, 0.25) is 0 Å². The normalized spacial score (nSPS) is 20.4. The van der Waals surface area contributed by atoms with Crippen LogP contribution in [0, 0.1) is 0 Å². The molecule has 0 radical (unpaired) electrons. The molecule has 8 nitrogen and oxygen atoms in total. The smallest absolute Gasteiger partial charge is 0.409 e. The number of nitrogens with one attached hydrogen (secondary N) is 1. The van der Waals surface area contributed by atoms with E-state index in [-0.39, 0.29) is 18.0 Å². The third kappa shape index (κ3) is 5.07. The van der Waals surface area contributed by atoms with Crippen LogP contribution in [0.3, 0.4) is 0 Å². The molecule has 1 atom stereocenters. The van der Waals surface area contributed by atoms with Gasteiger partial charge in [0.2, 0.25) is 5.91 Å². The molecule has 8 heteroatoms. The number of hydrogen-bond acceptors (Lipinski definition) is 5. The summed E-state index contributed by atoms with van der Waals surface area (Å²) in [7, 11) is 0. The van der Waals surface area contributed by atoms with Crippen LogP contribution in [0.1, 0.15) is 39.0 Å². The molecule has 1 aromatic carbocycles. The maximum atomic E-state index is 13.1.